The van der Waals surface area contributed by atoms with E-state index in [1.54, 1.807) is 18.2 Å². The molecule has 4 N–H and O–H groups in total. The second-order valence-electron chi connectivity index (χ2n) is 8.95. The van der Waals surface area contributed by atoms with Crippen LogP contribution >= 0.6 is 35.0 Å². The fourth-order valence-electron chi connectivity index (χ4n) is 3.54. The molecular weight excluding hydrogens is 609 g/mol. The van der Waals surface area contributed by atoms with Crippen LogP contribution < -0.4 is 16.0 Å². The minimum Gasteiger partial charge on any atom is -0.481 e. The molecule has 0 aliphatic rings. The highest BCUT2D eigenvalue weighted by molar-refractivity contribution is 7.99. The number of aryl methyl sites for hydroxylation is 1. The summed E-state index contributed by atoms with van der Waals surface area (Å²) in [7, 11) is 0. The van der Waals surface area contributed by atoms with Crippen molar-refractivity contribution in [3.8, 4) is 0 Å². The summed E-state index contributed by atoms with van der Waals surface area (Å²) in [6.45, 7) is 0.527. The number of halogens is 2. The predicted octanol–water partition coefficient (Wildman–Crippen LogP) is 1.91. The normalized spacial score (nSPS) is 12.2. The molecule has 2 aromatic carbocycles. The van der Waals surface area contributed by atoms with Crippen molar-refractivity contribution in [2.24, 2.45) is 0 Å². The second kappa shape index (κ2) is 15.8. The van der Waals surface area contributed by atoms with Crippen LogP contribution in [-0.2, 0) is 36.9 Å². The maximum Gasteiger partial charge on any atom is 0.305 e. The number of carbonyl (C=O) groups is 5. The van der Waals surface area contributed by atoms with Gasteiger partial charge in [0.05, 0.1) is 33.9 Å². The van der Waals surface area contributed by atoms with Gasteiger partial charge in [0.2, 0.25) is 22.9 Å². The van der Waals surface area contributed by atoms with Gasteiger partial charge in [-0.1, -0.05) is 59.6 Å². The Hall–Kier alpha value is -4.01. The first-order valence-corrected chi connectivity index (χ1v) is 14.1. The van der Waals surface area contributed by atoms with Crippen LogP contribution in [0.2, 0.25) is 10.0 Å². The van der Waals surface area contributed by atoms with Crippen LogP contribution in [-0.4, -0.2) is 73.4 Å². The highest BCUT2D eigenvalue weighted by atomic mass is 35.5. The first kappa shape index (κ1) is 32.5. The summed E-state index contributed by atoms with van der Waals surface area (Å²) < 4.78 is 1.12. The molecular formula is C26H27Cl2N7O6S. The van der Waals surface area contributed by atoms with Gasteiger partial charge in [-0.2, -0.15) is 0 Å². The smallest absolute Gasteiger partial charge is 0.305 e. The van der Waals surface area contributed by atoms with Crippen LogP contribution in [0.15, 0.2) is 58.6 Å². The number of carboxylic acid groups (broad SMARTS) is 1. The van der Waals surface area contributed by atoms with Crippen LogP contribution in [0.25, 0.3) is 0 Å². The van der Waals surface area contributed by atoms with Crippen molar-refractivity contribution in [1.29, 1.82) is 0 Å². The van der Waals surface area contributed by atoms with Crippen molar-refractivity contribution in [2.45, 2.75) is 54.9 Å². The number of rotatable bonds is 15. The van der Waals surface area contributed by atoms with Gasteiger partial charge in [0.25, 0.3) is 0 Å². The average Bonchev–Trinajstić information content (AvgIpc) is 3.38. The quantitative estimate of drug-likeness (QED) is 0.192. The van der Waals surface area contributed by atoms with E-state index in [1.165, 1.54) is 6.92 Å². The van der Waals surface area contributed by atoms with Gasteiger partial charge in [0, 0.05) is 6.42 Å². The van der Waals surface area contributed by atoms with Gasteiger partial charge in [-0.3, -0.25) is 24.0 Å². The molecule has 0 fully saturated rings. The van der Waals surface area contributed by atoms with Crippen LogP contribution in [0.4, 0.5) is 0 Å². The van der Waals surface area contributed by atoms with E-state index in [-0.39, 0.29) is 24.0 Å². The topological polar surface area (TPSA) is 185 Å². The summed E-state index contributed by atoms with van der Waals surface area (Å²) in [6, 6.07) is 11.7. The Kier molecular flexibility index (Phi) is 12.3. The van der Waals surface area contributed by atoms with Crippen LogP contribution in [0.1, 0.15) is 25.3 Å². The minimum atomic E-state index is -1.45. The van der Waals surface area contributed by atoms with Crippen molar-refractivity contribution in [3.63, 3.8) is 0 Å². The Labute approximate surface area is 254 Å². The zero-order chi connectivity index (χ0) is 30.6. The molecule has 0 saturated carbocycles. The largest absolute Gasteiger partial charge is 0.481 e. The molecule has 13 nitrogen and oxygen atoms in total. The number of benzene rings is 2. The average molecular weight is 637 g/mol. The van der Waals surface area contributed by atoms with Gasteiger partial charge < -0.3 is 21.1 Å². The van der Waals surface area contributed by atoms with E-state index < -0.39 is 48.6 Å². The Bertz CT molecular complexity index is 1420. The summed E-state index contributed by atoms with van der Waals surface area (Å²) in [4.78, 5) is 61.9. The summed E-state index contributed by atoms with van der Waals surface area (Å²) in [5.41, 5.74) is 0.980. The third-order valence-corrected chi connectivity index (χ3v) is 7.67. The molecule has 1 aromatic heterocycles. The lowest BCUT2D eigenvalue weighted by Gasteiger charge is -2.20. The van der Waals surface area contributed by atoms with E-state index in [1.807, 2.05) is 30.3 Å². The van der Waals surface area contributed by atoms with Crippen LogP contribution in [0.5, 0.6) is 0 Å². The lowest BCUT2D eigenvalue weighted by atomic mass is 10.1. The zero-order valence-corrected chi connectivity index (χ0v) is 24.6. The van der Waals surface area contributed by atoms with Crippen molar-refractivity contribution < 1.29 is 29.1 Å². The molecule has 2 atom stereocenters. The summed E-state index contributed by atoms with van der Waals surface area (Å²) in [5.74, 6) is -3.81. The van der Waals surface area contributed by atoms with E-state index >= 15 is 0 Å². The number of aliphatic carboxylic acids is 1. The number of ketones is 1. The lowest BCUT2D eigenvalue weighted by molar-refractivity contribution is -0.140. The van der Waals surface area contributed by atoms with Gasteiger partial charge in [-0.15, -0.1) is 5.10 Å². The van der Waals surface area contributed by atoms with Crippen LogP contribution in [0.3, 0.4) is 0 Å². The van der Waals surface area contributed by atoms with Crippen molar-refractivity contribution in [3.05, 3.63) is 64.1 Å². The minimum absolute atomic E-state index is 0.158. The lowest BCUT2D eigenvalue weighted by Crippen LogP contribution is -2.52. The number of tetrazole rings is 1. The number of amides is 3. The third kappa shape index (κ3) is 10.1. The fourth-order valence-corrected chi connectivity index (χ4v) is 4.97. The van der Waals surface area contributed by atoms with Gasteiger partial charge in [0.15, 0.2) is 5.78 Å². The molecule has 0 radical (unpaired) electrons. The Morgan fingerprint density at radius 3 is 2.33 bits per heavy atom. The highest BCUT2D eigenvalue weighted by Crippen LogP contribution is 2.37. The van der Waals surface area contributed by atoms with Crippen LogP contribution in [0, 0.1) is 0 Å². The molecule has 0 saturated heterocycles. The molecule has 222 valence electrons. The second-order valence-corrected chi connectivity index (χ2v) is 10.7. The van der Waals surface area contributed by atoms with Gasteiger partial charge in [-0.05, 0) is 53.2 Å². The number of hydrogen-bond donors (Lipinski definition) is 4. The molecule has 3 rings (SSSR count). The first-order valence-electron chi connectivity index (χ1n) is 12.6. The number of Topliss-reactive ketones (excluding diaryl/α,β-unsaturated/α-hetero) is 1. The predicted molar refractivity (Wildman–Crippen MR) is 153 cm³/mol. The van der Waals surface area contributed by atoms with E-state index in [9.17, 15) is 29.1 Å². The SMILES string of the molecule is CC(NC(=O)CNC(=O)CCc1ccccc1)C(=O)NC(CC(=O)O)C(=O)Cn1nnnc1Sc1c(Cl)cccc1Cl. The van der Waals surface area contributed by atoms with Gasteiger partial charge in [-0.25, -0.2) is 4.68 Å². The number of hydrogen-bond acceptors (Lipinski definition) is 9. The Morgan fingerprint density at radius 1 is 0.976 bits per heavy atom. The number of nitrogens with one attached hydrogen (secondary N) is 3. The summed E-state index contributed by atoms with van der Waals surface area (Å²) >= 11 is 13.4. The maximum absolute atomic E-state index is 13.0. The molecule has 0 spiro atoms. The standard InChI is InChI=1S/C26H27Cl2N7O6S/c1-15(30-22(38)13-29-21(37)11-10-16-6-3-2-4-7-16)25(41)31-19(12-23(39)40)20(36)14-35-26(32-33-34-35)42-24-17(27)8-5-9-18(24)28/h2-9,15,19H,10-14H2,1H3,(H,29,37)(H,30,38)(H,31,41)(H,39,40). The third-order valence-electron chi connectivity index (χ3n) is 5.70. The van der Waals surface area contributed by atoms with E-state index in [2.05, 4.69) is 31.5 Å². The van der Waals surface area contributed by atoms with E-state index in [0.717, 1.165) is 22.0 Å². The molecule has 1 heterocycles. The molecule has 3 amide bonds. The number of carbonyl (C=O) groups excluding carboxylic acids is 4. The highest BCUT2D eigenvalue weighted by Gasteiger charge is 2.28. The maximum atomic E-state index is 13.0. The molecule has 42 heavy (non-hydrogen) atoms. The molecule has 2 unspecified atom stereocenters. The van der Waals surface area contributed by atoms with Crippen molar-refractivity contribution in [1.82, 2.24) is 36.2 Å². The van der Waals surface area contributed by atoms with E-state index in [4.69, 9.17) is 23.2 Å². The summed E-state index contributed by atoms with van der Waals surface area (Å²) in [5, 5.41) is 28.6. The number of nitrogens with zero attached hydrogens (tertiary/aromatic N) is 4. The van der Waals surface area contributed by atoms with Crippen molar-refractivity contribution in [2.75, 3.05) is 6.54 Å². The molecule has 3 aromatic rings. The Balaban J connectivity index is 1.53. The summed E-state index contributed by atoms with van der Waals surface area (Å²) in [6.07, 6.45) is -0.0341. The molecule has 0 aliphatic heterocycles. The van der Waals surface area contributed by atoms with Gasteiger partial charge >= 0.3 is 5.97 Å². The van der Waals surface area contributed by atoms with Crippen molar-refractivity contribution >= 4 is 64.4 Å². The first-order chi connectivity index (χ1) is 20.0. The Morgan fingerprint density at radius 2 is 1.67 bits per heavy atom. The van der Waals surface area contributed by atoms with E-state index in [0.29, 0.717) is 21.4 Å². The molecule has 0 bridgehead atoms. The zero-order valence-electron chi connectivity index (χ0n) is 22.3. The van der Waals surface area contributed by atoms with Gasteiger partial charge in [0.1, 0.15) is 12.6 Å². The fraction of sp³-hybridized carbons (Fsp3) is 0.308. The molecule has 0 aliphatic carbocycles. The molecule has 16 heteroatoms. The number of carboxylic acids is 1. The number of aromatic nitrogens is 4. The monoisotopic (exact) mass is 635 g/mol.